The number of ether oxygens (including phenoxy) is 3. The van der Waals surface area contributed by atoms with E-state index in [-0.39, 0.29) is 0 Å². The Morgan fingerprint density at radius 1 is 1.13 bits per heavy atom. The highest BCUT2D eigenvalue weighted by molar-refractivity contribution is 7.98. The summed E-state index contributed by atoms with van der Waals surface area (Å²) >= 11 is 1.37. The van der Waals surface area contributed by atoms with E-state index in [1.54, 1.807) is 31.2 Å². The number of esters is 1. The maximum Gasteiger partial charge on any atom is 0.513 e. The number of carbonyl (C=O) groups excluding carboxylic acids is 2. The summed E-state index contributed by atoms with van der Waals surface area (Å²) in [6.07, 6.45) is 1.03. The van der Waals surface area contributed by atoms with Crippen LogP contribution in [0.5, 0.6) is 11.5 Å². The highest BCUT2D eigenvalue weighted by atomic mass is 32.2. The maximum atomic E-state index is 11.9. The summed E-state index contributed by atoms with van der Waals surface area (Å²) in [5, 5.41) is 1.30. The van der Waals surface area contributed by atoms with Crippen molar-refractivity contribution in [2.45, 2.75) is 11.8 Å². The molecule has 23 heavy (non-hydrogen) atoms. The van der Waals surface area contributed by atoms with Crippen LogP contribution in [-0.2, 0) is 9.53 Å². The Labute approximate surface area is 138 Å². The molecule has 0 bridgehead atoms. The molecule has 0 saturated carbocycles. The number of carbonyl (C=O) groups is 2. The molecule has 2 rings (SSSR count). The number of benzene rings is 2. The average molecular weight is 332 g/mol. The second-order valence-corrected chi connectivity index (χ2v) is 5.53. The Kier molecular flexibility index (Phi) is 5.28. The lowest BCUT2D eigenvalue weighted by molar-refractivity contribution is -0.130. The van der Waals surface area contributed by atoms with Crippen LogP contribution in [0.25, 0.3) is 10.8 Å². The van der Waals surface area contributed by atoms with Gasteiger partial charge in [-0.3, -0.25) is 0 Å². The van der Waals surface area contributed by atoms with Gasteiger partial charge in [0.2, 0.25) is 0 Å². The van der Waals surface area contributed by atoms with E-state index >= 15 is 0 Å². The molecule has 2 aromatic carbocycles. The molecule has 0 heterocycles. The molecule has 0 aliphatic heterocycles. The van der Waals surface area contributed by atoms with E-state index in [0.29, 0.717) is 32.7 Å². The molecule has 120 valence electrons. The molecule has 0 aliphatic carbocycles. The van der Waals surface area contributed by atoms with E-state index < -0.39 is 12.1 Å². The molecule has 0 radical (unpaired) electrons. The first kappa shape index (κ1) is 16.9. The Balaban J connectivity index is 2.63. The first-order valence-electron chi connectivity index (χ1n) is 6.71. The minimum Gasteiger partial charge on any atom is -0.437 e. The van der Waals surface area contributed by atoms with Gasteiger partial charge in [0.15, 0.2) is 5.75 Å². The smallest absolute Gasteiger partial charge is 0.437 e. The van der Waals surface area contributed by atoms with Gasteiger partial charge in [0.1, 0.15) is 5.75 Å². The quantitative estimate of drug-likeness (QED) is 0.275. The third-order valence-electron chi connectivity index (χ3n) is 3.05. The molecule has 0 unspecified atom stereocenters. The van der Waals surface area contributed by atoms with Crippen LogP contribution < -0.4 is 9.47 Å². The van der Waals surface area contributed by atoms with Crippen molar-refractivity contribution < 1.29 is 23.8 Å². The third-order valence-corrected chi connectivity index (χ3v) is 3.79. The van der Waals surface area contributed by atoms with Crippen molar-refractivity contribution in [3.63, 3.8) is 0 Å². The molecule has 0 N–H and O–H groups in total. The fraction of sp³-hybridized carbons (Fsp3) is 0.176. The molecule has 5 nitrogen and oxygen atoms in total. The predicted molar refractivity (Wildman–Crippen MR) is 89.2 cm³/mol. The number of fused-ring (bicyclic) bond motifs is 1. The SMILES string of the molecule is C=C(C)C(=O)Oc1c(SC)cc(OC(=O)OC)c2ccccc12. The monoisotopic (exact) mass is 332 g/mol. The zero-order valence-corrected chi connectivity index (χ0v) is 13.9. The fourth-order valence-electron chi connectivity index (χ4n) is 1.94. The molecule has 0 atom stereocenters. The van der Waals surface area contributed by atoms with Crippen molar-refractivity contribution in [1.29, 1.82) is 0 Å². The lowest BCUT2D eigenvalue weighted by atomic mass is 10.1. The van der Waals surface area contributed by atoms with Gasteiger partial charge in [-0.2, -0.15) is 0 Å². The molecule has 2 aromatic rings. The topological polar surface area (TPSA) is 61.8 Å². The van der Waals surface area contributed by atoms with Crippen LogP contribution in [0.15, 0.2) is 47.4 Å². The molecule has 0 saturated heterocycles. The first-order chi connectivity index (χ1) is 11.0. The average Bonchev–Trinajstić information content (AvgIpc) is 2.56. The van der Waals surface area contributed by atoms with Crippen molar-refractivity contribution in [1.82, 2.24) is 0 Å². The largest absolute Gasteiger partial charge is 0.513 e. The van der Waals surface area contributed by atoms with E-state index in [4.69, 9.17) is 9.47 Å². The van der Waals surface area contributed by atoms with E-state index in [9.17, 15) is 9.59 Å². The van der Waals surface area contributed by atoms with Gasteiger partial charge in [0.05, 0.1) is 12.0 Å². The van der Waals surface area contributed by atoms with Crippen LogP contribution in [0.4, 0.5) is 4.79 Å². The van der Waals surface area contributed by atoms with E-state index in [1.807, 2.05) is 12.3 Å². The number of thioether (sulfide) groups is 1. The third kappa shape index (κ3) is 3.65. The zero-order chi connectivity index (χ0) is 17.0. The summed E-state index contributed by atoms with van der Waals surface area (Å²) in [5.74, 6) is 0.248. The van der Waals surface area contributed by atoms with E-state index in [0.717, 1.165) is 0 Å². The molecule has 6 heteroatoms. The van der Waals surface area contributed by atoms with Crippen LogP contribution in [-0.4, -0.2) is 25.5 Å². The number of rotatable bonds is 4. The molecule has 0 fully saturated rings. The Bertz CT molecular complexity index is 782. The summed E-state index contributed by atoms with van der Waals surface area (Å²) in [5.41, 5.74) is 0.302. The Morgan fingerprint density at radius 2 is 1.78 bits per heavy atom. The van der Waals surface area contributed by atoms with Crippen LogP contribution in [0.3, 0.4) is 0 Å². The van der Waals surface area contributed by atoms with Gasteiger partial charge in [0.25, 0.3) is 0 Å². The molecule has 0 amide bonds. The number of hydrogen-bond acceptors (Lipinski definition) is 6. The Morgan fingerprint density at radius 3 is 2.35 bits per heavy atom. The predicted octanol–water partition coefficient (Wildman–Crippen LogP) is 4.19. The van der Waals surface area contributed by atoms with Gasteiger partial charge in [-0.25, -0.2) is 9.59 Å². The van der Waals surface area contributed by atoms with Crippen LogP contribution in [0.1, 0.15) is 6.92 Å². The van der Waals surface area contributed by atoms with Crippen molar-refractivity contribution in [2.75, 3.05) is 13.4 Å². The van der Waals surface area contributed by atoms with Crippen molar-refractivity contribution in [3.8, 4) is 11.5 Å². The molecule has 0 spiro atoms. The fourth-order valence-corrected chi connectivity index (χ4v) is 2.51. The Hall–Kier alpha value is -2.47. The van der Waals surface area contributed by atoms with E-state index in [1.165, 1.54) is 18.9 Å². The minimum absolute atomic E-state index is 0.302. The lowest BCUT2D eigenvalue weighted by Crippen LogP contribution is -2.11. The molecular formula is C17H16O5S. The van der Waals surface area contributed by atoms with Gasteiger partial charge in [0, 0.05) is 16.3 Å². The van der Waals surface area contributed by atoms with E-state index in [2.05, 4.69) is 11.3 Å². The summed E-state index contributed by atoms with van der Waals surface area (Å²) in [6.45, 7) is 5.17. The van der Waals surface area contributed by atoms with Crippen LogP contribution in [0.2, 0.25) is 0 Å². The van der Waals surface area contributed by atoms with Crippen LogP contribution >= 0.6 is 11.8 Å². The highest BCUT2D eigenvalue weighted by Gasteiger charge is 2.18. The summed E-state index contributed by atoms with van der Waals surface area (Å²) < 4.78 is 15.2. The maximum absolute atomic E-state index is 11.9. The standard InChI is InChI=1S/C17H16O5S/c1-10(2)16(18)22-15-12-8-6-5-7-11(12)13(9-14(15)23-4)21-17(19)20-3/h5-9H,1H2,2-4H3. The van der Waals surface area contributed by atoms with Crippen molar-refractivity contribution in [2.24, 2.45) is 0 Å². The molecular weight excluding hydrogens is 316 g/mol. The number of hydrogen-bond donors (Lipinski definition) is 0. The summed E-state index contributed by atoms with van der Waals surface area (Å²) in [4.78, 5) is 24.0. The molecule has 0 aliphatic rings. The highest BCUT2D eigenvalue weighted by Crippen LogP contribution is 2.41. The minimum atomic E-state index is -0.811. The lowest BCUT2D eigenvalue weighted by Gasteiger charge is -2.15. The van der Waals surface area contributed by atoms with Crippen molar-refractivity contribution in [3.05, 3.63) is 42.5 Å². The second kappa shape index (κ2) is 7.19. The van der Waals surface area contributed by atoms with Crippen LogP contribution in [0, 0.1) is 0 Å². The van der Waals surface area contributed by atoms with Gasteiger partial charge in [-0.1, -0.05) is 30.8 Å². The van der Waals surface area contributed by atoms with Gasteiger partial charge in [-0.15, -0.1) is 11.8 Å². The first-order valence-corrected chi connectivity index (χ1v) is 7.93. The summed E-state index contributed by atoms with van der Waals surface area (Å²) in [6, 6.07) is 8.82. The van der Waals surface area contributed by atoms with Crippen molar-refractivity contribution >= 4 is 34.7 Å². The molecule has 0 aromatic heterocycles. The number of methoxy groups -OCH3 is 1. The zero-order valence-electron chi connectivity index (χ0n) is 13.0. The van der Waals surface area contributed by atoms with Gasteiger partial charge >= 0.3 is 12.1 Å². The summed E-state index contributed by atoms with van der Waals surface area (Å²) in [7, 11) is 1.24. The van der Waals surface area contributed by atoms with Gasteiger partial charge < -0.3 is 14.2 Å². The second-order valence-electron chi connectivity index (χ2n) is 4.68. The van der Waals surface area contributed by atoms with Gasteiger partial charge in [-0.05, 0) is 19.2 Å². The normalized spacial score (nSPS) is 10.2.